The number of hydrogen-bond donors (Lipinski definition) is 0. The van der Waals surface area contributed by atoms with E-state index in [1.807, 2.05) is 0 Å². The Hall–Kier alpha value is -0.330. The fourth-order valence-corrected chi connectivity index (χ4v) is 2.44. The quantitative estimate of drug-likeness (QED) is 0.616. The van der Waals surface area contributed by atoms with Crippen molar-refractivity contribution in [3.63, 3.8) is 0 Å². The smallest absolute Gasteiger partial charge is 0.145 e. The molecule has 1 nitrogen and oxygen atoms in total. The third kappa shape index (κ3) is 0.826. The van der Waals surface area contributed by atoms with Gasteiger partial charge < -0.3 is 0 Å². The van der Waals surface area contributed by atoms with Crippen molar-refractivity contribution in [2.24, 2.45) is 22.7 Å². The molecular formula is C11H18O. The molecule has 0 radical (unpaired) electrons. The van der Waals surface area contributed by atoms with Gasteiger partial charge in [-0.05, 0) is 24.7 Å². The molecule has 68 valence electrons. The Morgan fingerprint density at radius 1 is 1.08 bits per heavy atom. The van der Waals surface area contributed by atoms with Crippen LogP contribution in [0.2, 0.25) is 0 Å². The molecule has 0 N–H and O–H groups in total. The van der Waals surface area contributed by atoms with Gasteiger partial charge in [0.2, 0.25) is 0 Å². The molecule has 0 aromatic rings. The lowest BCUT2D eigenvalue weighted by Gasteiger charge is -2.15. The molecule has 2 aliphatic rings. The Morgan fingerprint density at radius 2 is 1.33 bits per heavy atom. The van der Waals surface area contributed by atoms with Crippen LogP contribution >= 0.6 is 0 Å². The summed E-state index contributed by atoms with van der Waals surface area (Å²) in [7, 11) is 0. The Bertz CT molecular complexity index is 221. The molecular weight excluding hydrogens is 148 g/mol. The summed E-state index contributed by atoms with van der Waals surface area (Å²) in [6, 6.07) is 0. The van der Waals surface area contributed by atoms with Crippen LogP contribution in [0.1, 0.15) is 40.5 Å². The van der Waals surface area contributed by atoms with Crippen LogP contribution in [0.15, 0.2) is 0 Å². The maximum atomic E-state index is 12.0. The SMILES string of the molecule is C[C@@H]1C[C@]1(C)C(=O)[C@@]1(C)C[C@H]1C. The number of rotatable bonds is 2. The van der Waals surface area contributed by atoms with Crippen molar-refractivity contribution < 1.29 is 4.79 Å². The summed E-state index contributed by atoms with van der Waals surface area (Å²) in [5.74, 6) is 1.80. The highest BCUT2D eigenvalue weighted by Gasteiger charge is 2.64. The molecule has 2 aliphatic carbocycles. The second-order valence-electron chi connectivity index (χ2n) is 5.37. The number of carbonyl (C=O) groups is 1. The van der Waals surface area contributed by atoms with Crippen molar-refractivity contribution >= 4 is 5.78 Å². The number of hydrogen-bond acceptors (Lipinski definition) is 1. The van der Waals surface area contributed by atoms with E-state index in [-0.39, 0.29) is 10.8 Å². The normalized spacial score (nSPS) is 56.7. The Labute approximate surface area is 74.5 Å². The van der Waals surface area contributed by atoms with Crippen LogP contribution in [0.3, 0.4) is 0 Å². The Kier molecular flexibility index (Phi) is 1.34. The molecule has 0 aromatic carbocycles. The fraction of sp³-hybridized carbons (Fsp3) is 0.909. The van der Waals surface area contributed by atoms with Crippen LogP contribution in [0.4, 0.5) is 0 Å². The monoisotopic (exact) mass is 166 g/mol. The molecule has 1 heteroatoms. The van der Waals surface area contributed by atoms with Gasteiger partial charge in [-0.3, -0.25) is 4.79 Å². The van der Waals surface area contributed by atoms with Gasteiger partial charge >= 0.3 is 0 Å². The van der Waals surface area contributed by atoms with Gasteiger partial charge in [-0.15, -0.1) is 0 Å². The van der Waals surface area contributed by atoms with Gasteiger partial charge in [0.05, 0.1) is 0 Å². The minimum atomic E-state index is 0.0551. The molecule has 0 aliphatic heterocycles. The third-order valence-electron chi connectivity index (χ3n) is 4.35. The van der Waals surface area contributed by atoms with E-state index in [0.29, 0.717) is 17.6 Å². The van der Waals surface area contributed by atoms with Crippen LogP contribution in [-0.2, 0) is 4.79 Å². The Morgan fingerprint density at radius 3 is 1.50 bits per heavy atom. The fourth-order valence-electron chi connectivity index (χ4n) is 2.44. The van der Waals surface area contributed by atoms with Crippen LogP contribution in [0.25, 0.3) is 0 Å². The van der Waals surface area contributed by atoms with E-state index >= 15 is 0 Å². The molecule has 12 heavy (non-hydrogen) atoms. The maximum Gasteiger partial charge on any atom is 0.145 e. The molecule has 2 fully saturated rings. The highest BCUT2D eigenvalue weighted by atomic mass is 16.1. The van der Waals surface area contributed by atoms with E-state index in [9.17, 15) is 4.79 Å². The second-order valence-corrected chi connectivity index (χ2v) is 5.37. The molecule has 4 atom stereocenters. The lowest BCUT2D eigenvalue weighted by atomic mass is 9.87. The molecule has 0 unspecified atom stereocenters. The average molecular weight is 166 g/mol. The summed E-state index contributed by atoms with van der Waals surface area (Å²) in [4.78, 5) is 12.0. The molecule has 0 aromatic heterocycles. The van der Waals surface area contributed by atoms with Gasteiger partial charge in [0.25, 0.3) is 0 Å². The predicted octanol–water partition coefficient (Wildman–Crippen LogP) is 2.65. The molecule has 0 saturated heterocycles. The highest BCUT2D eigenvalue weighted by Crippen LogP contribution is 2.63. The van der Waals surface area contributed by atoms with Gasteiger partial charge in [-0.25, -0.2) is 0 Å². The largest absolute Gasteiger partial charge is 0.298 e. The summed E-state index contributed by atoms with van der Waals surface area (Å²) in [6.45, 7) is 8.65. The molecule has 0 heterocycles. The summed E-state index contributed by atoms with van der Waals surface area (Å²) in [5.41, 5.74) is 0.110. The summed E-state index contributed by atoms with van der Waals surface area (Å²) in [5, 5.41) is 0. The first-order valence-electron chi connectivity index (χ1n) is 4.96. The number of Topliss-reactive ketones (excluding diaryl/α,β-unsaturated/α-hetero) is 1. The van der Waals surface area contributed by atoms with Gasteiger partial charge in [-0.2, -0.15) is 0 Å². The van der Waals surface area contributed by atoms with Crippen LogP contribution in [0, 0.1) is 22.7 Å². The molecule has 0 spiro atoms. The van der Waals surface area contributed by atoms with Crippen LogP contribution in [0.5, 0.6) is 0 Å². The zero-order valence-electron chi connectivity index (χ0n) is 8.48. The van der Waals surface area contributed by atoms with Crippen molar-refractivity contribution in [2.45, 2.75) is 40.5 Å². The van der Waals surface area contributed by atoms with E-state index in [1.54, 1.807) is 0 Å². The number of carbonyl (C=O) groups excluding carboxylic acids is 1. The first kappa shape index (κ1) is 8.28. The van der Waals surface area contributed by atoms with E-state index in [2.05, 4.69) is 27.7 Å². The van der Waals surface area contributed by atoms with Crippen molar-refractivity contribution in [1.82, 2.24) is 0 Å². The average Bonchev–Trinajstić information content (AvgIpc) is 2.77. The highest BCUT2D eigenvalue weighted by molar-refractivity contribution is 5.94. The van der Waals surface area contributed by atoms with E-state index in [1.165, 1.54) is 0 Å². The minimum Gasteiger partial charge on any atom is -0.298 e. The van der Waals surface area contributed by atoms with Gasteiger partial charge in [0.15, 0.2) is 0 Å². The standard InChI is InChI=1S/C11H18O/c1-7-5-10(7,3)9(12)11(4)6-8(11)2/h7-8H,5-6H2,1-4H3/t7-,8-,10+,11+/m1/s1. The van der Waals surface area contributed by atoms with E-state index in [4.69, 9.17) is 0 Å². The second kappa shape index (κ2) is 1.94. The summed E-state index contributed by atoms with van der Waals surface area (Å²) < 4.78 is 0. The van der Waals surface area contributed by atoms with Gasteiger partial charge in [0.1, 0.15) is 5.78 Å². The first-order valence-corrected chi connectivity index (χ1v) is 4.96. The van der Waals surface area contributed by atoms with E-state index < -0.39 is 0 Å². The lowest BCUT2D eigenvalue weighted by Crippen LogP contribution is -2.24. The topological polar surface area (TPSA) is 17.1 Å². The molecule has 2 saturated carbocycles. The molecule has 2 rings (SSSR count). The maximum absolute atomic E-state index is 12.0. The van der Waals surface area contributed by atoms with Crippen LogP contribution < -0.4 is 0 Å². The zero-order valence-corrected chi connectivity index (χ0v) is 8.48. The number of ketones is 1. The summed E-state index contributed by atoms with van der Waals surface area (Å²) >= 11 is 0. The lowest BCUT2D eigenvalue weighted by molar-refractivity contribution is -0.129. The minimum absolute atomic E-state index is 0.0551. The van der Waals surface area contributed by atoms with Crippen molar-refractivity contribution in [1.29, 1.82) is 0 Å². The first-order chi connectivity index (χ1) is 5.41. The predicted molar refractivity (Wildman–Crippen MR) is 48.8 cm³/mol. The van der Waals surface area contributed by atoms with Crippen LogP contribution in [-0.4, -0.2) is 5.78 Å². The molecule has 0 bridgehead atoms. The van der Waals surface area contributed by atoms with Crippen molar-refractivity contribution in [3.8, 4) is 0 Å². The third-order valence-corrected chi connectivity index (χ3v) is 4.35. The Balaban J connectivity index is 2.12. The van der Waals surface area contributed by atoms with Crippen molar-refractivity contribution in [2.75, 3.05) is 0 Å². The van der Waals surface area contributed by atoms with E-state index in [0.717, 1.165) is 12.8 Å². The van der Waals surface area contributed by atoms with Gasteiger partial charge in [0, 0.05) is 10.8 Å². The summed E-state index contributed by atoms with van der Waals surface area (Å²) in [6.07, 6.45) is 2.24. The van der Waals surface area contributed by atoms with Crippen molar-refractivity contribution in [3.05, 3.63) is 0 Å². The zero-order chi connectivity index (χ0) is 9.15. The van der Waals surface area contributed by atoms with Gasteiger partial charge in [-0.1, -0.05) is 27.7 Å². The molecule has 0 amide bonds.